The zero-order valence-corrected chi connectivity index (χ0v) is 31.6. The van der Waals surface area contributed by atoms with Crippen LogP contribution in [-0.2, 0) is 10.1 Å². The van der Waals surface area contributed by atoms with E-state index in [0.29, 0.717) is 41.0 Å². The molecule has 1 atom stereocenters. The van der Waals surface area contributed by atoms with Crippen LogP contribution < -0.4 is 34.3 Å². The maximum Gasteiger partial charge on any atom is 1.00 e. The Balaban J connectivity index is 0.00000625. The molecule has 7 nitrogen and oxygen atoms in total. The van der Waals surface area contributed by atoms with Crippen LogP contribution >= 0.6 is 11.8 Å². The number of ketones is 1. The molecular formula is C38H43NaO7S2. The minimum absolute atomic E-state index is 0. The Morgan fingerprint density at radius 2 is 1.52 bits per heavy atom. The largest absolute Gasteiger partial charge is 1.00 e. The summed E-state index contributed by atoms with van der Waals surface area (Å²) in [6, 6.07) is 23.2. The van der Waals surface area contributed by atoms with Crippen molar-refractivity contribution >= 4 is 27.7 Å². The molecule has 0 spiro atoms. The second kappa shape index (κ2) is 19.5. The predicted octanol–water partition coefficient (Wildman–Crippen LogP) is 6.31. The predicted molar refractivity (Wildman–Crippen MR) is 185 cm³/mol. The Kier molecular flexibility index (Phi) is 16.2. The molecule has 1 unspecified atom stereocenters. The summed E-state index contributed by atoms with van der Waals surface area (Å²) in [5.41, 5.74) is 1.85. The fraction of sp³-hybridized carbons (Fsp3) is 0.342. The van der Waals surface area contributed by atoms with Gasteiger partial charge in [-0.25, -0.2) is 8.42 Å². The zero-order valence-electron chi connectivity index (χ0n) is 28.0. The van der Waals surface area contributed by atoms with E-state index in [2.05, 4.69) is 13.8 Å². The molecule has 0 aliphatic rings. The van der Waals surface area contributed by atoms with Crippen molar-refractivity contribution in [2.45, 2.75) is 92.4 Å². The van der Waals surface area contributed by atoms with E-state index in [4.69, 9.17) is 4.74 Å². The van der Waals surface area contributed by atoms with E-state index in [1.54, 1.807) is 42.5 Å². The topological polar surface area (TPSA) is 124 Å². The number of hydrogen-bond donors (Lipinski definition) is 2. The maximum atomic E-state index is 13.0. The number of aliphatic hydroxyl groups excluding tert-OH is 1. The Labute approximate surface area is 311 Å². The van der Waals surface area contributed by atoms with Crippen LogP contribution in [-0.4, -0.2) is 35.6 Å². The van der Waals surface area contributed by atoms with Gasteiger partial charge in [-0.2, -0.15) is 0 Å². The summed E-state index contributed by atoms with van der Waals surface area (Å²) < 4.78 is 43.1. The van der Waals surface area contributed by atoms with Gasteiger partial charge in [-0.15, -0.1) is 0 Å². The molecule has 0 radical (unpaired) electrons. The van der Waals surface area contributed by atoms with Crippen molar-refractivity contribution in [1.29, 1.82) is 0 Å². The Bertz CT molecular complexity index is 1740. The third kappa shape index (κ3) is 11.2. The number of hydrogen-bond acceptors (Lipinski definition) is 8. The number of aliphatic hydroxyl groups is 1. The van der Waals surface area contributed by atoms with E-state index in [1.807, 2.05) is 24.3 Å². The van der Waals surface area contributed by atoms with Crippen molar-refractivity contribution in [2.75, 3.05) is 6.61 Å². The van der Waals surface area contributed by atoms with Gasteiger partial charge in [0.25, 0.3) is 0 Å². The van der Waals surface area contributed by atoms with Gasteiger partial charge in [0.15, 0.2) is 5.78 Å². The molecule has 0 aliphatic heterocycles. The summed E-state index contributed by atoms with van der Waals surface area (Å²) in [6.45, 7) is 4.86. The second-order valence-corrected chi connectivity index (χ2v) is 14.1. The van der Waals surface area contributed by atoms with Crippen molar-refractivity contribution in [3.63, 3.8) is 0 Å². The van der Waals surface area contributed by atoms with Crippen molar-refractivity contribution in [2.24, 2.45) is 0 Å². The monoisotopic (exact) mass is 698 g/mol. The Morgan fingerprint density at radius 3 is 2.23 bits per heavy atom. The van der Waals surface area contributed by atoms with E-state index < -0.39 is 16.2 Å². The zero-order chi connectivity index (χ0) is 33.8. The number of benzene rings is 4. The summed E-state index contributed by atoms with van der Waals surface area (Å²) >= 11 is 1.16. The van der Waals surface area contributed by atoms with Crippen LogP contribution in [0.2, 0.25) is 0 Å². The van der Waals surface area contributed by atoms with E-state index >= 15 is 0 Å². The van der Waals surface area contributed by atoms with E-state index in [-0.39, 0.29) is 56.4 Å². The molecule has 0 heterocycles. The van der Waals surface area contributed by atoms with Gasteiger partial charge >= 0.3 is 29.6 Å². The molecule has 4 rings (SSSR count). The van der Waals surface area contributed by atoms with E-state index in [9.17, 15) is 28.0 Å². The summed E-state index contributed by atoms with van der Waals surface area (Å²) in [5, 5.41) is 22.2. The van der Waals surface area contributed by atoms with Crippen LogP contribution in [0.1, 0.15) is 99.2 Å². The van der Waals surface area contributed by atoms with Crippen LogP contribution in [0, 0.1) is 0 Å². The minimum Gasteiger partial charge on any atom is -0.744 e. The molecule has 0 saturated heterocycles. The van der Waals surface area contributed by atoms with Gasteiger partial charge in [0.2, 0.25) is 0 Å². The van der Waals surface area contributed by atoms with Crippen molar-refractivity contribution in [1.82, 2.24) is 0 Å². The SMILES string of the molecule is CCCCCCCCC(=O)c1ccc(O)c(C(O)c2ccccc2-c2ccc(Sc3ccc(OCCCC)cc3)c(S(=O)(=O)[O-])c2)c1.[Na+]. The fourth-order valence-electron chi connectivity index (χ4n) is 5.34. The van der Waals surface area contributed by atoms with Gasteiger partial charge in [-0.1, -0.05) is 94.5 Å². The van der Waals surface area contributed by atoms with Crippen molar-refractivity contribution in [3.05, 3.63) is 102 Å². The first-order valence-corrected chi connectivity index (χ1v) is 18.5. The first-order valence-electron chi connectivity index (χ1n) is 16.3. The van der Waals surface area contributed by atoms with E-state index in [0.717, 1.165) is 61.6 Å². The summed E-state index contributed by atoms with van der Waals surface area (Å²) in [7, 11) is -4.86. The molecule has 4 aromatic carbocycles. The average molecular weight is 699 g/mol. The fourth-order valence-corrected chi connectivity index (χ4v) is 7.18. The van der Waals surface area contributed by atoms with Gasteiger partial charge in [0.05, 0.1) is 11.5 Å². The molecule has 10 heteroatoms. The van der Waals surface area contributed by atoms with Crippen LogP contribution in [0.3, 0.4) is 0 Å². The van der Waals surface area contributed by atoms with E-state index in [1.165, 1.54) is 24.6 Å². The molecule has 0 bridgehead atoms. The number of phenols is 1. The summed E-state index contributed by atoms with van der Waals surface area (Å²) in [4.78, 5) is 13.6. The number of Topliss-reactive ketones (excluding diaryl/α,β-unsaturated/α-hetero) is 1. The molecule has 0 saturated carbocycles. The summed E-state index contributed by atoms with van der Waals surface area (Å²) in [5.74, 6) is 0.489. The van der Waals surface area contributed by atoms with Crippen LogP contribution in [0.4, 0.5) is 0 Å². The molecule has 0 aromatic heterocycles. The van der Waals surface area contributed by atoms with Crippen LogP contribution in [0.5, 0.6) is 11.5 Å². The molecular weight excluding hydrogens is 656 g/mol. The minimum atomic E-state index is -4.86. The van der Waals surface area contributed by atoms with Gasteiger partial charge < -0.3 is 19.5 Å². The number of carbonyl (C=O) groups is 1. The molecule has 0 fully saturated rings. The Hall–Kier alpha value is -2.63. The number of ether oxygens (including phenoxy) is 1. The first kappa shape index (κ1) is 39.8. The third-order valence-corrected chi connectivity index (χ3v) is 10.1. The van der Waals surface area contributed by atoms with Gasteiger partial charge in [-0.3, -0.25) is 4.79 Å². The van der Waals surface area contributed by atoms with Gasteiger partial charge in [0.1, 0.15) is 27.7 Å². The molecule has 2 N–H and O–H groups in total. The second-order valence-electron chi connectivity index (χ2n) is 11.6. The standard InChI is InChI=1S/C38H44O7S2.Na/c1-3-5-7-8-9-10-15-34(39)28-16-22-35(40)33(25-28)38(41)32-14-12-11-13-31(32)27-17-23-36(37(26-27)47(42,43)44)46-30-20-18-29(19-21-30)45-24-6-4-2;/h11-14,16-23,25-26,38,40-41H,3-10,15,24H2,1-2H3,(H,42,43,44);/q;+1/p-1. The maximum absolute atomic E-state index is 13.0. The quantitative estimate of drug-likeness (QED) is 0.0537. The molecule has 48 heavy (non-hydrogen) atoms. The summed E-state index contributed by atoms with van der Waals surface area (Å²) in [6.07, 6.45) is 7.39. The third-order valence-electron chi connectivity index (χ3n) is 8.00. The smallest absolute Gasteiger partial charge is 0.744 e. The molecule has 0 aliphatic carbocycles. The number of rotatable bonds is 18. The molecule has 0 amide bonds. The van der Waals surface area contributed by atoms with Crippen molar-refractivity contribution < 1.29 is 62.3 Å². The number of phenolic OH excluding ortho intramolecular Hbond substituents is 1. The number of carbonyl (C=O) groups excluding carboxylic acids is 1. The normalized spacial score (nSPS) is 11.9. The number of unbranched alkanes of at least 4 members (excludes halogenated alkanes) is 6. The van der Waals surface area contributed by atoms with Crippen molar-refractivity contribution in [3.8, 4) is 22.6 Å². The molecule has 4 aromatic rings. The van der Waals surface area contributed by atoms with Crippen LogP contribution in [0.15, 0.2) is 99.6 Å². The van der Waals surface area contributed by atoms with Crippen LogP contribution in [0.25, 0.3) is 11.1 Å². The first-order chi connectivity index (χ1) is 22.6. The molecule has 250 valence electrons. The van der Waals surface area contributed by atoms with Gasteiger partial charge in [0, 0.05) is 27.3 Å². The average Bonchev–Trinajstić information content (AvgIpc) is 3.06. The van der Waals surface area contributed by atoms with Gasteiger partial charge in [-0.05, 0) is 84.1 Å². The Morgan fingerprint density at radius 1 is 0.833 bits per heavy atom. The number of aromatic hydroxyl groups is 1.